The molecular formula is C29H31F6NO4. The smallest absolute Gasteiger partial charge is 0.416 e. The molecule has 0 bridgehead atoms. The van der Waals surface area contributed by atoms with Crippen molar-refractivity contribution in [1.82, 2.24) is 4.90 Å². The van der Waals surface area contributed by atoms with Gasteiger partial charge in [-0.15, -0.1) is 0 Å². The Morgan fingerprint density at radius 3 is 2.27 bits per heavy atom. The van der Waals surface area contributed by atoms with Crippen molar-refractivity contribution in [3.05, 3.63) is 58.7 Å². The number of halogens is 6. The third-order valence-corrected chi connectivity index (χ3v) is 8.42. The van der Waals surface area contributed by atoms with E-state index in [1.807, 2.05) is 25.1 Å². The molecule has 5 nitrogen and oxygen atoms in total. The number of rotatable bonds is 7. The van der Waals surface area contributed by atoms with E-state index in [0.29, 0.717) is 48.7 Å². The van der Waals surface area contributed by atoms with E-state index in [2.05, 4.69) is 0 Å². The van der Waals surface area contributed by atoms with E-state index in [4.69, 9.17) is 14.2 Å². The zero-order valence-corrected chi connectivity index (χ0v) is 22.3. The Kier molecular flexibility index (Phi) is 7.48. The van der Waals surface area contributed by atoms with Gasteiger partial charge in [-0.05, 0) is 73.1 Å². The molecule has 40 heavy (non-hydrogen) atoms. The molecule has 2 unspecified atom stereocenters. The summed E-state index contributed by atoms with van der Waals surface area (Å²) >= 11 is 0. The van der Waals surface area contributed by atoms with E-state index >= 15 is 0 Å². The number of ether oxygens (including phenoxy) is 3. The Hall–Kier alpha value is -2.95. The lowest BCUT2D eigenvalue weighted by Crippen LogP contribution is -2.56. The van der Waals surface area contributed by atoms with Gasteiger partial charge in [-0.2, -0.15) is 26.3 Å². The molecule has 2 aromatic carbocycles. The summed E-state index contributed by atoms with van der Waals surface area (Å²) in [4.78, 5) is 14.0. The highest BCUT2D eigenvalue weighted by Gasteiger charge is 2.44. The maximum atomic E-state index is 13.6. The Balaban J connectivity index is 1.29. The van der Waals surface area contributed by atoms with Gasteiger partial charge in [0.15, 0.2) is 11.5 Å². The number of nitrogens with zero attached hydrogens (tertiary/aromatic N) is 1. The quantitative estimate of drug-likeness (QED) is 0.269. The zero-order valence-electron chi connectivity index (χ0n) is 22.3. The van der Waals surface area contributed by atoms with Crippen molar-refractivity contribution in [2.45, 2.75) is 57.1 Å². The van der Waals surface area contributed by atoms with Crippen LogP contribution in [0.15, 0.2) is 36.4 Å². The van der Waals surface area contributed by atoms with E-state index < -0.39 is 35.1 Å². The second kappa shape index (κ2) is 10.5. The number of alkyl halides is 6. The van der Waals surface area contributed by atoms with E-state index in [1.165, 1.54) is 14.0 Å². The molecule has 2 heterocycles. The number of hydrogen-bond donors (Lipinski definition) is 0. The van der Waals surface area contributed by atoms with E-state index in [1.54, 1.807) is 4.90 Å². The van der Waals surface area contributed by atoms with E-state index in [0.717, 1.165) is 18.4 Å². The van der Waals surface area contributed by atoms with Gasteiger partial charge >= 0.3 is 18.3 Å². The highest BCUT2D eigenvalue weighted by Crippen LogP contribution is 2.49. The number of esters is 1. The first kappa shape index (κ1) is 28.6. The average Bonchev–Trinajstić information content (AvgIpc) is 3.70. The highest BCUT2D eigenvalue weighted by molar-refractivity contribution is 5.73. The fourth-order valence-electron chi connectivity index (χ4n) is 5.94. The molecule has 5 rings (SSSR count). The van der Waals surface area contributed by atoms with Crippen LogP contribution in [0.4, 0.5) is 26.3 Å². The summed E-state index contributed by atoms with van der Waals surface area (Å²) < 4.78 is 97.8. The predicted octanol–water partition coefficient (Wildman–Crippen LogP) is 6.86. The Morgan fingerprint density at radius 2 is 1.68 bits per heavy atom. The second-order valence-corrected chi connectivity index (χ2v) is 11.0. The summed E-state index contributed by atoms with van der Waals surface area (Å²) in [6, 6.07) is 6.35. The molecule has 0 radical (unpaired) electrons. The molecule has 1 saturated carbocycles. The number of carbonyl (C=O) groups is 1. The van der Waals surface area contributed by atoms with Crippen LogP contribution in [0.2, 0.25) is 0 Å². The number of fused-ring (bicyclic) bond motifs is 1. The van der Waals surface area contributed by atoms with Crippen molar-refractivity contribution < 1.29 is 45.3 Å². The summed E-state index contributed by atoms with van der Waals surface area (Å²) in [5.74, 6) is 0.804. The molecular weight excluding hydrogens is 540 g/mol. The fourth-order valence-corrected chi connectivity index (χ4v) is 5.94. The SMILES string of the molecule is COC(=O)C(C)C(c1ccc2c(c1)O[C@H](C1CN([C@H](C)c3cc(C(F)(F)F)ccc3C(F)(F)F)C1)CO2)C1CC1. The standard InChI is InChI=1S/C29H31F6NO4/c1-15(27(37)38-3)26(17-4-5-17)18-6-9-23-24(10-18)40-25(14-39-23)19-12-36(13-19)16(2)21-11-20(28(30,31)32)7-8-22(21)29(33,34)35/h6-11,15-17,19,25-26H,4-5,12-14H2,1-3H3/t15?,16-,25+,26?/m1/s1. The first-order chi connectivity index (χ1) is 18.8. The van der Waals surface area contributed by atoms with E-state index in [9.17, 15) is 31.1 Å². The summed E-state index contributed by atoms with van der Waals surface area (Å²) in [6.07, 6.45) is -7.83. The third-order valence-electron chi connectivity index (χ3n) is 8.42. The number of carbonyl (C=O) groups excluding carboxylic acids is 1. The number of likely N-dealkylation sites (tertiary alicyclic amines) is 1. The minimum atomic E-state index is -4.77. The van der Waals surface area contributed by atoms with Crippen LogP contribution in [0.1, 0.15) is 60.9 Å². The lowest BCUT2D eigenvalue weighted by atomic mass is 9.83. The molecule has 2 aliphatic heterocycles. The molecule has 218 valence electrons. The van der Waals surface area contributed by atoms with Gasteiger partial charge in [0.05, 0.1) is 24.2 Å². The van der Waals surface area contributed by atoms with Crippen molar-refractivity contribution in [2.75, 3.05) is 26.8 Å². The zero-order chi connectivity index (χ0) is 29.0. The maximum absolute atomic E-state index is 13.6. The largest absolute Gasteiger partial charge is 0.486 e. The molecule has 0 spiro atoms. The van der Waals surface area contributed by atoms with E-state index in [-0.39, 0.29) is 36.4 Å². The molecule has 3 aliphatic rings. The molecule has 11 heteroatoms. The lowest BCUT2D eigenvalue weighted by Gasteiger charge is -2.47. The summed E-state index contributed by atoms with van der Waals surface area (Å²) in [6.45, 7) is 4.29. The first-order valence-electron chi connectivity index (χ1n) is 13.3. The van der Waals surface area contributed by atoms with Crippen LogP contribution in [-0.2, 0) is 21.9 Å². The monoisotopic (exact) mass is 571 g/mol. The van der Waals surface area contributed by atoms with Crippen LogP contribution in [-0.4, -0.2) is 43.8 Å². The van der Waals surface area contributed by atoms with Gasteiger partial charge < -0.3 is 14.2 Å². The van der Waals surface area contributed by atoms with Gasteiger partial charge in [0.25, 0.3) is 0 Å². The van der Waals surface area contributed by atoms with Crippen LogP contribution in [0, 0.1) is 17.8 Å². The number of methoxy groups -OCH3 is 1. The van der Waals surface area contributed by atoms with Gasteiger partial charge in [-0.3, -0.25) is 9.69 Å². The van der Waals surface area contributed by atoms with Crippen LogP contribution < -0.4 is 9.47 Å². The molecule has 0 amide bonds. The molecule has 2 aromatic rings. The normalized spacial score (nSPS) is 22.3. The van der Waals surface area contributed by atoms with Gasteiger partial charge in [-0.1, -0.05) is 13.0 Å². The minimum absolute atomic E-state index is 0.0166. The Morgan fingerprint density at radius 1 is 0.975 bits per heavy atom. The number of benzene rings is 2. The molecule has 4 atom stereocenters. The van der Waals surface area contributed by atoms with Crippen LogP contribution in [0.25, 0.3) is 0 Å². The lowest BCUT2D eigenvalue weighted by molar-refractivity contribution is -0.146. The van der Waals surface area contributed by atoms with Crippen LogP contribution >= 0.6 is 0 Å². The third kappa shape index (κ3) is 5.62. The molecule has 0 N–H and O–H groups in total. The van der Waals surface area contributed by atoms with Crippen molar-refractivity contribution in [3.8, 4) is 11.5 Å². The fraction of sp³-hybridized carbons (Fsp3) is 0.552. The topological polar surface area (TPSA) is 48.0 Å². The molecule has 1 aliphatic carbocycles. The van der Waals surface area contributed by atoms with Crippen molar-refractivity contribution in [2.24, 2.45) is 17.8 Å². The Labute approximate surface area is 228 Å². The maximum Gasteiger partial charge on any atom is 0.416 e. The van der Waals surface area contributed by atoms with Gasteiger partial charge in [0, 0.05) is 25.0 Å². The molecule has 0 aromatic heterocycles. The molecule has 1 saturated heterocycles. The minimum Gasteiger partial charge on any atom is -0.486 e. The van der Waals surface area contributed by atoms with Crippen molar-refractivity contribution in [1.29, 1.82) is 0 Å². The second-order valence-electron chi connectivity index (χ2n) is 11.0. The summed E-state index contributed by atoms with van der Waals surface area (Å²) in [7, 11) is 1.37. The van der Waals surface area contributed by atoms with Gasteiger partial charge in [0.2, 0.25) is 0 Å². The number of hydrogen-bond acceptors (Lipinski definition) is 5. The van der Waals surface area contributed by atoms with Gasteiger partial charge in [0.1, 0.15) is 12.7 Å². The summed E-state index contributed by atoms with van der Waals surface area (Å²) in [5.41, 5.74) is -1.62. The summed E-state index contributed by atoms with van der Waals surface area (Å²) in [5, 5.41) is 0. The molecule has 2 fully saturated rings. The van der Waals surface area contributed by atoms with Crippen molar-refractivity contribution >= 4 is 5.97 Å². The van der Waals surface area contributed by atoms with Crippen LogP contribution in [0.3, 0.4) is 0 Å². The Bertz CT molecular complexity index is 1250. The van der Waals surface area contributed by atoms with Gasteiger partial charge in [-0.25, -0.2) is 0 Å². The van der Waals surface area contributed by atoms with Crippen LogP contribution in [0.5, 0.6) is 11.5 Å². The van der Waals surface area contributed by atoms with Crippen molar-refractivity contribution in [3.63, 3.8) is 0 Å². The average molecular weight is 572 g/mol. The highest BCUT2D eigenvalue weighted by atomic mass is 19.4. The first-order valence-corrected chi connectivity index (χ1v) is 13.3. The predicted molar refractivity (Wildman–Crippen MR) is 133 cm³/mol.